The van der Waals surface area contributed by atoms with Gasteiger partial charge in [0.25, 0.3) is 0 Å². The lowest BCUT2D eigenvalue weighted by Crippen LogP contribution is -2.36. The van der Waals surface area contributed by atoms with E-state index >= 15 is 0 Å². The van der Waals surface area contributed by atoms with Crippen LogP contribution in [-0.4, -0.2) is 13.7 Å². The zero-order valence-electron chi connectivity index (χ0n) is 14.9. The molecule has 0 aliphatic carbocycles. The van der Waals surface area contributed by atoms with Crippen LogP contribution in [0.2, 0.25) is 5.02 Å². The number of ether oxygens (including phenoxy) is 2. The third-order valence-electron chi connectivity index (χ3n) is 5.45. The van der Waals surface area contributed by atoms with Crippen molar-refractivity contribution in [2.24, 2.45) is 5.92 Å². The Balaban J connectivity index is 1.79. The second-order valence-electron chi connectivity index (χ2n) is 7.16. The lowest BCUT2D eigenvalue weighted by molar-refractivity contribution is -0.0382. The number of hydrogen-bond acceptors (Lipinski definition) is 3. The molecule has 2 heterocycles. The Morgan fingerprint density at radius 3 is 2.80 bits per heavy atom. The molecular formula is C21H24ClNO2. The van der Waals surface area contributed by atoms with Crippen molar-refractivity contribution in [3.63, 3.8) is 0 Å². The van der Waals surface area contributed by atoms with Crippen LogP contribution in [0.5, 0.6) is 5.75 Å². The monoisotopic (exact) mass is 357 g/mol. The molecule has 4 heteroatoms. The first-order chi connectivity index (χ1) is 12.1. The molecule has 1 saturated heterocycles. The second kappa shape index (κ2) is 6.54. The molecule has 0 radical (unpaired) electrons. The number of aryl methyl sites for hydroxylation is 2. The summed E-state index contributed by atoms with van der Waals surface area (Å²) in [6, 6.07) is 10.8. The molecule has 3 nitrogen and oxygen atoms in total. The lowest BCUT2D eigenvalue weighted by Gasteiger charge is -2.44. The molecular weight excluding hydrogens is 334 g/mol. The third-order valence-corrected chi connectivity index (χ3v) is 5.74. The molecule has 132 valence electrons. The number of anilines is 1. The van der Waals surface area contributed by atoms with Gasteiger partial charge in [-0.2, -0.15) is 0 Å². The molecule has 2 aromatic rings. The molecule has 0 aromatic heterocycles. The first kappa shape index (κ1) is 16.7. The average molecular weight is 358 g/mol. The van der Waals surface area contributed by atoms with E-state index in [1.807, 2.05) is 12.1 Å². The molecule has 1 fully saturated rings. The fraction of sp³-hybridized carbons (Fsp3) is 0.429. The van der Waals surface area contributed by atoms with Gasteiger partial charge in [0.2, 0.25) is 0 Å². The zero-order valence-corrected chi connectivity index (χ0v) is 15.7. The number of fused-ring (bicyclic) bond motifs is 3. The molecule has 0 unspecified atom stereocenters. The van der Waals surface area contributed by atoms with Gasteiger partial charge >= 0.3 is 0 Å². The van der Waals surface area contributed by atoms with Gasteiger partial charge in [-0.15, -0.1) is 0 Å². The number of methoxy groups -OCH3 is 1. The summed E-state index contributed by atoms with van der Waals surface area (Å²) < 4.78 is 11.6. The van der Waals surface area contributed by atoms with Crippen LogP contribution in [0.25, 0.3) is 0 Å². The van der Waals surface area contributed by atoms with Crippen molar-refractivity contribution in [3.8, 4) is 5.75 Å². The topological polar surface area (TPSA) is 30.5 Å². The minimum Gasteiger partial charge on any atom is -0.495 e. The van der Waals surface area contributed by atoms with Crippen LogP contribution in [0, 0.1) is 19.8 Å². The van der Waals surface area contributed by atoms with Crippen LogP contribution >= 0.6 is 11.6 Å². The summed E-state index contributed by atoms with van der Waals surface area (Å²) in [6.45, 7) is 5.16. The largest absolute Gasteiger partial charge is 0.495 e. The van der Waals surface area contributed by atoms with Crippen LogP contribution in [0.15, 0.2) is 30.3 Å². The van der Waals surface area contributed by atoms with Crippen LogP contribution in [0.1, 0.15) is 47.2 Å². The summed E-state index contributed by atoms with van der Waals surface area (Å²) in [6.07, 6.45) is 2.40. The molecule has 0 amide bonds. The van der Waals surface area contributed by atoms with Gasteiger partial charge < -0.3 is 14.8 Å². The van der Waals surface area contributed by atoms with E-state index in [2.05, 4.69) is 37.4 Å². The van der Waals surface area contributed by atoms with E-state index in [-0.39, 0.29) is 12.1 Å². The molecule has 0 saturated carbocycles. The summed E-state index contributed by atoms with van der Waals surface area (Å²) in [4.78, 5) is 0. The summed E-state index contributed by atoms with van der Waals surface area (Å²) in [5.41, 5.74) is 6.27. The van der Waals surface area contributed by atoms with Gasteiger partial charge in [0.1, 0.15) is 5.75 Å². The van der Waals surface area contributed by atoms with Gasteiger partial charge in [0, 0.05) is 23.8 Å². The van der Waals surface area contributed by atoms with Crippen molar-refractivity contribution in [2.75, 3.05) is 19.0 Å². The van der Waals surface area contributed by atoms with E-state index in [0.29, 0.717) is 16.7 Å². The zero-order chi connectivity index (χ0) is 17.6. The first-order valence-corrected chi connectivity index (χ1v) is 9.29. The Labute approximate surface area is 154 Å². The normalized spacial score (nSPS) is 24.9. The lowest BCUT2D eigenvalue weighted by atomic mass is 9.76. The molecule has 0 bridgehead atoms. The molecule has 0 spiro atoms. The van der Waals surface area contributed by atoms with Crippen molar-refractivity contribution >= 4 is 17.3 Å². The van der Waals surface area contributed by atoms with Crippen molar-refractivity contribution < 1.29 is 9.47 Å². The first-order valence-electron chi connectivity index (χ1n) is 8.91. The van der Waals surface area contributed by atoms with Crippen LogP contribution in [0.4, 0.5) is 5.69 Å². The fourth-order valence-corrected chi connectivity index (χ4v) is 4.62. The molecule has 2 aliphatic rings. The van der Waals surface area contributed by atoms with Gasteiger partial charge in [0.05, 0.1) is 24.3 Å². The Kier molecular flexibility index (Phi) is 4.38. The van der Waals surface area contributed by atoms with Crippen molar-refractivity contribution in [1.29, 1.82) is 0 Å². The molecule has 1 N–H and O–H groups in total. The van der Waals surface area contributed by atoms with E-state index in [1.54, 1.807) is 7.11 Å². The number of nitrogens with one attached hydrogen (secondary N) is 1. The van der Waals surface area contributed by atoms with E-state index < -0.39 is 0 Å². The Hall–Kier alpha value is -1.71. The van der Waals surface area contributed by atoms with Gasteiger partial charge in [-0.25, -0.2) is 0 Å². The smallest absolute Gasteiger partial charge is 0.137 e. The quantitative estimate of drug-likeness (QED) is 0.758. The van der Waals surface area contributed by atoms with E-state index in [4.69, 9.17) is 21.1 Å². The number of benzene rings is 2. The van der Waals surface area contributed by atoms with E-state index in [9.17, 15) is 0 Å². The molecule has 25 heavy (non-hydrogen) atoms. The molecule has 2 aromatic carbocycles. The summed E-state index contributed by atoms with van der Waals surface area (Å²) >= 11 is 6.39. The Bertz CT molecular complexity index is 805. The van der Waals surface area contributed by atoms with Crippen LogP contribution in [0.3, 0.4) is 0 Å². The van der Waals surface area contributed by atoms with Gasteiger partial charge in [-0.3, -0.25) is 0 Å². The highest BCUT2D eigenvalue weighted by atomic mass is 35.5. The maximum absolute atomic E-state index is 6.39. The van der Waals surface area contributed by atoms with E-state index in [1.165, 1.54) is 27.9 Å². The number of hydrogen-bond donors (Lipinski definition) is 1. The van der Waals surface area contributed by atoms with Gasteiger partial charge in [-0.05, 0) is 49.9 Å². The third kappa shape index (κ3) is 2.90. The summed E-state index contributed by atoms with van der Waals surface area (Å²) in [5, 5.41) is 4.45. The molecule has 3 atom stereocenters. The Morgan fingerprint density at radius 2 is 2.04 bits per heavy atom. The summed E-state index contributed by atoms with van der Waals surface area (Å²) in [7, 11) is 1.65. The highest BCUT2D eigenvalue weighted by molar-refractivity contribution is 6.32. The van der Waals surface area contributed by atoms with Gasteiger partial charge in [-0.1, -0.05) is 35.4 Å². The van der Waals surface area contributed by atoms with Crippen LogP contribution in [-0.2, 0) is 4.74 Å². The highest BCUT2D eigenvalue weighted by Crippen LogP contribution is 2.50. The summed E-state index contributed by atoms with van der Waals surface area (Å²) in [5.74, 6) is 1.12. The van der Waals surface area contributed by atoms with Gasteiger partial charge in [0.15, 0.2) is 0 Å². The van der Waals surface area contributed by atoms with Crippen molar-refractivity contribution in [2.45, 2.75) is 38.8 Å². The Morgan fingerprint density at radius 1 is 1.20 bits per heavy atom. The minimum absolute atomic E-state index is 0.148. The second-order valence-corrected chi connectivity index (χ2v) is 7.57. The maximum Gasteiger partial charge on any atom is 0.137 e. The molecule has 2 aliphatic heterocycles. The number of halogens is 1. The van der Waals surface area contributed by atoms with Crippen LogP contribution < -0.4 is 10.1 Å². The minimum atomic E-state index is 0.148. The predicted octanol–water partition coefficient (Wildman–Crippen LogP) is 5.60. The average Bonchev–Trinajstić information content (AvgIpc) is 2.61. The maximum atomic E-state index is 6.39. The molecule has 4 rings (SSSR count). The van der Waals surface area contributed by atoms with E-state index in [0.717, 1.165) is 19.4 Å². The highest BCUT2D eigenvalue weighted by Gasteiger charge is 2.40. The SMILES string of the molecule is COc1ccc([C@@H]2Nc3c(C)cc(C)cc3[C@H]3OCCC[C@H]32)cc1Cl. The van der Waals surface area contributed by atoms with Crippen molar-refractivity contribution in [3.05, 3.63) is 57.6 Å². The van der Waals surface area contributed by atoms with Crippen molar-refractivity contribution in [1.82, 2.24) is 0 Å². The number of rotatable bonds is 2. The standard InChI is InChI=1S/C21H24ClNO2/c1-12-9-13(2)19-16(10-12)21-15(5-4-8-25-21)20(23-19)14-6-7-18(24-3)17(22)11-14/h6-7,9-11,15,20-21,23H,4-5,8H2,1-3H3/t15-,20-,21-/m0/s1. The predicted molar refractivity (Wildman–Crippen MR) is 102 cm³/mol. The fourth-order valence-electron chi connectivity index (χ4n) is 4.36.